The molecule has 0 aromatic carbocycles. The Morgan fingerprint density at radius 1 is 0.944 bits per heavy atom. The Labute approximate surface area is 105 Å². The predicted octanol–water partition coefficient (Wildman–Crippen LogP) is -0.706. The van der Waals surface area contributed by atoms with Gasteiger partial charge in [-0.3, -0.25) is 9.59 Å². The molecule has 7 heteroatoms. The fourth-order valence-corrected chi connectivity index (χ4v) is 1.78. The molecule has 1 saturated carbocycles. The molecule has 0 bridgehead atoms. The van der Waals surface area contributed by atoms with Gasteiger partial charge in [-0.2, -0.15) is 0 Å². The third-order valence-electron chi connectivity index (χ3n) is 2.82. The third-order valence-corrected chi connectivity index (χ3v) is 2.82. The molecule has 106 valence electrons. The molecule has 1 aliphatic rings. The summed E-state index contributed by atoms with van der Waals surface area (Å²) in [6.45, 7) is -0.729. The number of aliphatic hydroxyl groups excluding tert-OH is 3. The first-order chi connectivity index (χ1) is 8.43. The van der Waals surface area contributed by atoms with Gasteiger partial charge in [-0.1, -0.05) is 12.8 Å². The first-order valence-electron chi connectivity index (χ1n) is 5.79. The summed E-state index contributed by atoms with van der Waals surface area (Å²) in [6.07, 6.45) is 1.73. The van der Waals surface area contributed by atoms with Crippen LogP contribution in [0.4, 0.5) is 0 Å². The molecule has 7 nitrogen and oxygen atoms in total. The lowest BCUT2D eigenvalue weighted by Crippen LogP contribution is -2.32. The smallest absolute Gasteiger partial charge is 0.307 e. The molecule has 0 aromatic rings. The third kappa shape index (κ3) is 5.95. The summed E-state index contributed by atoms with van der Waals surface area (Å²) < 4.78 is 0. The van der Waals surface area contributed by atoms with Crippen molar-refractivity contribution in [2.24, 2.45) is 11.8 Å². The van der Waals surface area contributed by atoms with Crippen molar-refractivity contribution in [3.63, 3.8) is 0 Å². The summed E-state index contributed by atoms with van der Waals surface area (Å²) in [5.41, 5.74) is 0. The normalized spacial score (nSPS) is 23.1. The van der Waals surface area contributed by atoms with E-state index < -0.39 is 29.9 Å². The largest absolute Gasteiger partial charge is 0.481 e. The maximum atomic E-state index is 10.6. The monoisotopic (exact) mass is 264 g/mol. The summed E-state index contributed by atoms with van der Waals surface area (Å²) in [7, 11) is 0. The minimum absolute atomic E-state index is 0.365. The molecule has 2 atom stereocenters. The number of carboxylic acids is 2. The van der Waals surface area contributed by atoms with Crippen LogP contribution in [0.5, 0.6) is 0 Å². The second-order valence-electron chi connectivity index (χ2n) is 4.19. The van der Waals surface area contributed by atoms with Gasteiger partial charge < -0.3 is 25.5 Å². The van der Waals surface area contributed by atoms with Gasteiger partial charge in [0.1, 0.15) is 6.10 Å². The lowest BCUT2D eigenvalue weighted by molar-refractivity contribution is -0.155. The van der Waals surface area contributed by atoms with E-state index in [0.717, 1.165) is 12.8 Å². The van der Waals surface area contributed by atoms with Crippen molar-refractivity contribution >= 4 is 11.9 Å². The van der Waals surface area contributed by atoms with Gasteiger partial charge in [0.25, 0.3) is 0 Å². The van der Waals surface area contributed by atoms with Gasteiger partial charge >= 0.3 is 11.9 Å². The van der Waals surface area contributed by atoms with E-state index in [2.05, 4.69) is 0 Å². The molecule has 0 spiro atoms. The SMILES string of the molecule is O=C(O)C1CCCCC1C(=O)O.OCC(O)CO. The molecule has 2 unspecified atom stereocenters. The van der Waals surface area contributed by atoms with Crippen LogP contribution < -0.4 is 0 Å². The first-order valence-corrected chi connectivity index (χ1v) is 5.79. The molecule has 1 aliphatic carbocycles. The number of carbonyl (C=O) groups is 2. The van der Waals surface area contributed by atoms with Crippen molar-refractivity contribution in [1.29, 1.82) is 0 Å². The van der Waals surface area contributed by atoms with Crippen molar-refractivity contribution in [3.05, 3.63) is 0 Å². The molecule has 5 N–H and O–H groups in total. The van der Waals surface area contributed by atoms with Gasteiger partial charge in [0, 0.05) is 0 Å². The molecule has 0 heterocycles. The van der Waals surface area contributed by atoms with E-state index in [1.54, 1.807) is 0 Å². The van der Waals surface area contributed by atoms with Crippen LogP contribution in [0.3, 0.4) is 0 Å². The summed E-state index contributed by atoms with van der Waals surface area (Å²) in [4.78, 5) is 21.2. The molecule has 0 saturated heterocycles. The van der Waals surface area contributed by atoms with Gasteiger partial charge in [-0.15, -0.1) is 0 Å². The average molecular weight is 264 g/mol. The Bertz CT molecular complexity index is 240. The van der Waals surface area contributed by atoms with Crippen molar-refractivity contribution in [2.45, 2.75) is 31.8 Å². The molecular weight excluding hydrogens is 244 g/mol. The molecular formula is C11H20O7. The van der Waals surface area contributed by atoms with Gasteiger partial charge in [-0.25, -0.2) is 0 Å². The highest BCUT2D eigenvalue weighted by Crippen LogP contribution is 2.30. The van der Waals surface area contributed by atoms with Crippen LogP contribution in [0.1, 0.15) is 25.7 Å². The highest BCUT2D eigenvalue weighted by Gasteiger charge is 2.35. The average Bonchev–Trinajstić information content (AvgIpc) is 2.38. The second-order valence-corrected chi connectivity index (χ2v) is 4.19. The van der Waals surface area contributed by atoms with E-state index in [9.17, 15) is 9.59 Å². The zero-order valence-corrected chi connectivity index (χ0v) is 10.0. The molecule has 1 rings (SSSR count). The number of hydrogen-bond donors (Lipinski definition) is 5. The van der Waals surface area contributed by atoms with E-state index in [1.165, 1.54) is 0 Å². The van der Waals surface area contributed by atoms with Crippen LogP contribution in [0.2, 0.25) is 0 Å². The molecule has 0 aliphatic heterocycles. The van der Waals surface area contributed by atoms with E-state index in [1.807, 2.05) is 0 Å². The quantitative estimate of drug-likeness (QED) is 0.452. The minimum Gasteiger partial charge on any atom is -0.481 e. The van der Waals surface area contributed by atoms with Crippen molar-refractivity contribution in [1.82, 2.24) is 0 Å². The fourth-order valence-electron chi connectivity index (χ4n) is 1.78. The Morgan fingerprint density at radius 2 is 1.28 bits per heavy atom. The standard InChI is InChI=1S/C8H12O4.C3H8O3/c9-7(10)5-3-1-2-4-6(5)8(11)12;4-1-3(6)2-5/h5-6H,1-4H2,(H,9,10)(H,11,12);3-6H,1-2H2. The van der Waals surface area contributed by atoms with Crippen molar-refractivity contribution in [2.75, 3.05) is 13.2 Å². The van der Waals surface area contributed by atoms with E-state index in [0.29, 0.717) is 12.8 Å². The Kier molecular flexibility index (Phi) is 8.27. The number of hydrogen-bond acceptors (Lipinski definition) is 5. The van der Waals surface area contributed by atoms with Crippen molar-refractivity contribution < 1.29 is 35.1 Å². The second kappa shape index (κ2) is 8.84. The van der Waals surface area contributed by atoms with Gasteiger partial charge in [0.2, 0.25) is 0 Å². The van der Waals surface area contributed by atoms with Crippen LogP contribution in [0.25, 0.3) is 0 Å². The molecule has 18 heavy (non-hydrogen) atoms. The summed E-state index contributed by atoms with van der Waals surface area (Å²) >= 11 is 0. The molecule has 0 amide bonds. The molecule has 0 aromatic heterocycles. The maximum absolute atomic E-state index is 10.6. The van der Waals surface area contributed by atoms with E-state index in [-0.39, 0.29) is 13.2 Å². The van der Waals surface area contributed by atoms with Crippen LogP contribution in [0, 0.1) is 11.8 Å². The number of aliphatic carboxylic acids is 2. The zero-order valence-electron chi connectivity index (χ0n) is 10.0. The van der Waals surface area contributed by atoms with Crippen LogP contribution in [-0.2, 0) is 9.59 Å². The summed E-state index contributed by atoms with van der Waals surface area (Å²) in [6, 6.07) is 0. The van der Waals surface area contributed by atoms with Crippen molar-refractivity contribution in [3.8, 4) is 0 Å². The van der Waals surface area contributed by atoms with Gasteiger partial charge in [-0.05, 0) is 12.8 Å². The summed E-state index contributed by atoms with van der Waals surface area (Å²) in [5.74, 6) is -3.28. The Hall–Kier alpha value is -1.18. The summed E-state index contributed by atoms with van der Waals surface area (Å²) in [5, 5.41) is 41.4. The van der Waals surface area contributed by atoms with Crippen LogP contribution in [-0.4, -0.2) is 56.8 Å². The van der Waals surface area contributed by atoms with Crippen LogP contribution >= 0.6 is 0 Å². The topological polar surface area (TPSA) is 135 Å². The predicted molar refractivity (Wildman–Crippen MR) is 60.9 cm³/mol. The van der Waals surface area contributed by atoms with Gasteiger partial charge in [0.05, 0.1) is 25.0 Å². The molecule has 0 radical (unpaired) electrons. The highest BCUT2D eigenvalue weighted by atomic mass is 16.4. The number of carboxylic acid groups (broad SMARTS) is 2. The fraction of sp³-hybridized carbons (Fsp3) is 0.818. The molecule has 1 fully saturated rings. The highest BCUT2D eigenvalue weighted by molar-refractivity contribution is 5.80. The lowest BCUT2D eigenvalue weighted by atomic mass is 9.79. The van der Waals surface area contributed by atoms with E-state index in [4.69, 9.17) is 25.5 Å². The number of aliphatic hydroxyl groups is 3. The Balaban J connectivity index is 0.000000411. The van der Waals surface area contributed by atoms with E-state index >= 15 is 0 Å². The lowest BCUT2D eigenvalue weighted by Gasteiger charge is -2.24. The minimum atomic E-state index is -0.970. The van der Waals surface area contributed by atoms with Crippen LogP contribution in [0.15, 0.2) is 0 Å². The first kappa shape index (κ1) is 16.8. The maximum Gasteiger partial charge on any atom is 0.307 e. The zero-order chi connectivity index (χ0) is 14.1. The number of rotatable bonds is 4. The Morgan fingerprint density at radius 3 is 1.44 bits per heavy atom. The van der Waals surface area contributed by atoms with Gasteiger partial charge in [0.15, 0.2) is 0 Å².